The van der Waals surface area contributed by atoms with E-state index in [1.165, 1.54) is 66.7 Å². The summed E-state index contributed by atoms with van der Waals surface area (Å²) in [6.45, 7) is 0. The Morgan fingerprint density at radius 1 is 0.558 bits per heavy atom. The first-order valence-electron chi connectivity index (χ1n) is 18.2. The fourth-order valence-electron chi connectivity index (χ4n) is 9.25. The van der Waals surface area contributed by atoms with E-state index in [4.69, 9.17) is 9.15 Å². The molecular formula is C48H32N2O2. The first-order valence-corrected chi connectivity index (χ1v) is 18.2. The molecule has 0 saturated heterocycles. The van der Waals surface area contributed by atoms with Gasteiger partial charge in [0.15, 0.2) is 0 Å². The van der Waals surface area contributed by atoms with Crippen molar-refractivity contribution in [2.45, 2.75) is 25.2 Å². The molecule has 4 heterocycles. The predicted octanol–water partition coefficient (Wildman–Crippen LogP) is 12.2. The van der Waals surface area contributed by atoms with Crippen molar-refractivity contribution in [2.24, 2.45) is 0 Å². The number of benzene rings is 6. The lowest BCUT2D eigenvalue weighted by Gasteiger charge is -2.21. The van der Waals surface area contributed by atoms with Crippen molar-refractivity contribution in [1.82, 2.24) is 9.13 Å². The van der Waals surface area contributed by atoms with Crippen molar-refractivity contribution >= 4 is 55.9 Å². The summed E-state index contributed by atoms with van der Waals surface area (Å²) >= 11 is 0. The number of para-hydroxylation sites is 3. The lowest BCUT2D eigenvalue weighted by Crippen LogP contribution is -2.13. The molecule has 2 aliphatic carbocycles. The van der Waals surface area contributed by atoms with E-state index in [0.29, 0.717) is 0 Å². The molecule has 52 heavy (non-hydrogen) atoms. The molecule has 4 nitrogen and oxygen atoms in total. The molecule has 6 aromatic carbocycles. The molecule has 12 rings (SSSR count). The maximum Gasteiger partial charge on any atom is 0.136 e. The van der Waals surface area contributed by atoms with Gasteiger partial charge in [0.2, 0.25) is 0 Å². The van der Waals surface area contributed by atoms with Crippen LogP contribution < -0.4 is 4.74 Å². The maximum absolute atomic E-state index is 6.40. The van der Waals surface area contributed by atoms with Crippen LogP contribution in [0.15, 0.2) is 150 Å². The third-order valence-corrected chi connectivity index (χ3v) is 11.5. The summed E-state index contributed by atoms with van der Waals surface area (Å²) < 4.78 is 17.7. The number of furan rings is 1. The average molecular weight is 669 g/mol. The number of fused-ring (bicyclic) bond motifs is 12. The first-order chi connectivity index (χ1) is 25.8. The van der Waals surface area contributed by atoms with E-state index in [-0.39, 0.29) is 5.92 Å². The summed E-state index contributed by atoms with van der Waals surface area (Å²) in [4.78, 5) is 0. The van der Waals surface area contributed by atoms with Crippen molar-refractivity contribution in [1.29, 1.82) is 0 Å². The van der Waals surface area contributed by atoms with E-state index >= 15 is 0 Å². The van der Waals surface area contributed by atoms with Crippen LogP contribution in [0.5, 0.6) is 5.75 Å². The zero-order valence-electron chi connectivity index (χ0n) is 28.3. The largest absolute Gasteiger partial charge is 0.461 e. The number of ether oxygens (including phenoxy) is 1. The van der Waals surface area contributed by atoms with Gasteiger partial charge in [-0.05, 0) is 84.6 Å². The molecule has 1 unspecified atom stereocenters. The van der Waals surface area contributed by atoms with Crippen LogP contribution in [0.1, 0.15) is 40.4 Å². The van der Waals surface area contributed by atoms with E-state index in [1.54, 1.807) is 0 Å². The van der Waals surface area contributed by atoms with Gasteiger partial charge < -0.3 is 18.3 Å². The second-order valence-electron chi connectivity index (χ2n) is 14.4. The SMILES string of the molecule is C1=Cc2c3c(n(-c4cccc(-c5cccc(-n6c7ccccc7c7cc8oc9ccccc9c8cc76)c5)c4)c2CC1)CC1C(=C3)Oc2ccccc21. The van der Waals surface area contributed by atoms with Gasteiger partial charge in [0.25, 0.3) is 0 Å². The van der Waals surface area contributed by atoms with E-state index in [1.807, 2.05) is 6.07 Å². The lowest BCUT2D eigenvalue weighted by atomic mass is 9.86. The lowest BCUT2D eigenvalue weighted by molar-refractivity contribution is 0.427. The molecule has 1 atom stereocenters. The van der Waals surface area contributed by atoms with Gasteiger partial charge in [0.05, 0.1) is 17.0 Å². The van der Waals surface area contributed by atoms with Gasteiger partial charge >= 0.3 is 0 Å². The first kappa shape index (κ1) is 28.2. The third kappa shape index (κ3) is 3.92. The maximum atomic E-state index is 6.40. The highest BCUT2D eigenvalue weighted by Gasteiger charge is 2.36. The Hall–Kier alpha value is -6.52. The van der Waals surface area contributed by atoms with Gasteiger partial charge in [-0.2, -0.15) is 0 Å². The Bertz CT molecular complexity index is 3040. The summed E-state index contributed by atoms with van der Waals surface area (Å²) in [5.41, 5.74) is 15.6. The second kappa shape index (κ2) is 10.5. The molecule has 0 N–H and O–H groups in total. The number of allylic oxidation sites excluding steroid dienone is 2. The molecular weight excluding hydrogens is 637 g/mol. The smallest absolute Gasteiger partial charge is 0.136 e. The van der Waals surface area contributed by atoms with Crippen LogP contribution in [0.2, 0.25) is 0 Å². The number of nitrogens with zero attached hydrogens (tertiary/aromatic N) is 2. The third-order valence-electron chi connectivity index (χ3n) is 11.5. The van der Waals surface area contributed by atoms with Crippen molar-refractivity contribution in [3.63, 3.8) is 0 Å². The quantitative estimate of drug-likeness (QED) is 0.188. The highest BCUT2D eigenvalue weighted by atomic mass is 16.5. The van der Waals surface area contributed by atoms with E-state index in [0.717, 1.165) is 58.4 Å². The van der Waals surface area contributed by atoms with Crippen LogP contribution in [0, 0.1) is 0 Å². The number of aromatic nitrogens is 2. The molecule has 0 spiro atoms. The Morgan fingerprint density at radius 3 is 2.21 bits per heavy atom. The summed E-state index contributed by atoms with van der Waals surface area (Å²) in [6.07, 6.45) is 9.96. The van der Waals surface area contributed by atoms with Crippen molar-refractivity contribution < 1.29 is 9.15 Å². The Morgan fingerprint density at radius 2 is 1.33 bits per heavy atom. The molecule has 3 aromatic heterocycles. The predicted molar refractivity (Wildman–Crippen MR) is 212 cm³/mol. The molecule has 0 amide bonds. The minimum atomic E-state index is 0.245. The van der Waals surface area contributed by atoms with Gasteiger partial charge in [-0.25, -0.2) is 0 Å². The van der Waals surface area contributed by atoms with Crippen molar-refractivity contribution in [2.75, 3.05) is 0 Å². The Kier molecular flexibility index (Phi) is 5.70. The van der Waals surface area contributed by atoms with E-state index < -0.39 is 0 Å². The highest BCUT2D eigenvalue weighted by molar-refractivity contribution is 6.17. The number of hydrogen-bond donors (Lipinski definition) is 0. The average Bonchev–Trinajstić information content (AvgIpc) is 3.93. The fourth-order valence-corrected chi connectivity index (χ4v) is 9.25. The summed E-state index contributed by atoms with van der Waals surface area (Å²) in [6, 6.07) is 48.2. The van der Waals surface area contributed by atoms with Crippen LogP contribution in [-0.4, -0.2) is 9.13 Å². The standard InChI is InChI=1S/C48H32N2O2/c1-5-19-41-33(15-1)37-27-47-39(35-17-3-7-21-45(35)51-47)25-43(37)49(41)31-13-9-11-29(23-31)30-12-10-14-32(24-30)50-42-20-6-2-16-34(42)38-28-48-40(26-44(38)50)36-18-4-8-22-46(36)52-48/h1-5,7-19,21-25,27-28,40H,6,20,26H2. The highest BCUT2D eigenvalue weighted by Crippen LogP contribution is 2.49. The fraction of sp³-hybridized carbons (Fsp3) is 0.0833. The second-order valence-corrected chi connectivity index (χ2v) is 14.4. The number of rotatable bonds is 3. The monoisotopic (exact) mass is 668 g/mol. The Labute approximate surface area is 300 Å². The molecule has 1 aliphatic heterocycles. The zero-order chi connectivity index (χ0) is 33.9. The normalized spacial score (nSPS) is 15.8. The van der Waals surface area contributed by atoms with Crippen LogP contribution in [0.3, 0.4) is 0 Å². The van der Waals surface area contributed by atoms with Gasteiger partial charge in [-0.15, -0.1) is 0 Å². The summed E-state index contributed by atoms with van der Waals surface area (Å²) in [7, 11) is 0. The van der Waals surface area contributed by atoms with E-state index in [2.05, 4.69) is 155 Å². The molecule has 0 radical (unpaired) electrons. The molecule has 246 valence electrons. The minimum Gasteiger partial charge on any atom is -0.461 e. The summed E-state index contributed by atoms with van der Waals surface area (Å²) in [5.74, 6) is 2.31. The molecule has 0 bridgehead atoms. The molecule has 0 fully saturated rings. The molecule has 3 aliphatic rings. The topological polar surface area (TPSA) is 32.2 Å². The Balaban J connectivity index is 1.01. The summed E-state index contributed by atoms with van der Waals surface area (Å²) in [5, 5.41) is 4.69. The van der Waals surface area contributed by atoms with Crippen molar-refractivity contribution in [3.8, 4) is 28.3 Å². The van der Waals surface area contributed by atoms with E-state index in [9.17, 15) is 0 Å². The molecule has 4 heteroatoms. The van der Waals surface area contributed by atoms with Crippen LogP contribution in [0.4, 0.5) is 0 Å². The van der Waals surface area contributed by atoms with Gasteiger partial charge in [-0.1, -0.05) is 91.0 Å². The molecule has 9 aromatic rings. The molecule has 0 saturated carbocycles. The zero-order valence-corrected chi connectivity index (χ0v) is 28.3. The van der Waals surface area contributed by atoms with Crippen LogP contribution in [0.25, 0.3) is 78.4 Å². The van der Waals surface area contributed by atoms with Crippen LogP contribution >= 0.6 is 0 Å². The van der Waals surface area contributed by atoms with Gasteiger partial charge in [0, 0.05) is 67.4 Å². The minimum absolute atomic E-state index is 0.245. The van der Waals surface area contributed by atoms with Gasteiger partial charge in [0.1, 0.15) is 22.7 Å². The van der Waals surface area contributed by atoms with Crippen LogP contribution in [-0.2, 0) is 12.8 Å². The van der Waals surface area contributed by atoms with Gasteiger partial charge in [-0.3, -0.25) is 0 Å². The number of hydrogen-bond acceptors (Lipinski definition) is 2. The van der Waals surface area contributed by atoms with Crippen molar-refractivity contribution in [3.05, 3.63) is 173 Å².